The standard InChI is InChI=1S/C21H13ClF2N4O/c22-14-5-2-1-4-13(14)19-18(11-26-17-6-3-9-25-20(17)19)28-21(29)27-16-8-7-12(23)10-15(16)24/h1-11H,(H2,27,28,29). The molecule has 2 aromatic carbocycles. The fraction of sp³-hybridized carbons (Fsp3) is 0. The Morgan fingerprint density at radius 3 is 2.52 bits per heavy atom. The number of fused-ring (bicyclic) bond motifs is 1. The molecule has 2 amide bonds. The van der Waals surface area contributed by atoms with Gasteiger partial charge in [-0.2, -0.15) is 0 Å². The second-order valence-electron chi connectivity index (χ2n) is 6.10. The van der Waals surface area contributed by atoms with Crippen LogP contribution in [0.4, 0.5) is 25.0 Å². The summed E-state index contributed by atoms with van der Waals surface area (Å²) in [4.78, 5) is 21.2. The maximum absolute atomic E-state index is 13.8. The van der Waals surface area contributed by atoms with Crippen molar-refractivity contribution < 1.29 is 13.6 Å². The molecule has 0 spiro atoms. The topological polar surface area (TPSA) is 66.9 Å². The molecule has 4 aromatic rings. The number of carbonyl (C=O) groups is 1. The molecule has 144 valence electrons. The highest BCUT2D eigenvalue weighted by molar-refractivity contribution is 6.34. The number of carbonyl (C=O) groups excluding carboxylic acids is 1. The number of halogens is 3. The van der Waals surface area contributed by atoms with E-state index in [1.165, 1.54) is 6.20 Å². The minimum absolute atomic E-state index is 0.157. The number of rotatable bonds is 3. The number of pyridine rings is 2. The lowest BCUT2D eigenvalue weighted by Crippen LogP contribution is -2.21. The summed E-state index contributed by atoms with van der Waals surface area (Å²) in [6.45, 7) is 0. The van der Waals surface area contributed by atoms with Crippen LogP contribution in [0.5, 0.6) is 0 Å². The molecule has 29 heavy (non-hydrogen) atoms. The van der Waals surface area contributed by atoms with Gasteiger partial charge in [-0.05, 0) is 30.3 Å². The molecule has 0 atom stereocenters. The molecular weight excluding hydrogens is 398 g/mol. The molecule has 0 radical (unpaired) electrons. The molecule has 0 unspecified atom stereocenters. The average Bonchev–Trinajstić information content (AvgIpc) is 2.71. The molecule has 2 heterocycles. The Morgan fingerprint density at radius 1 is 0.931 bits per heavy atom. The van der Waals surface area contributed by atoms with E-state index < -0.39 is 17.7 Å². The van der Waals surface area contributed by atoms with Crippen molar-refractivity contribution in [1.82, 2.24) is 9.97 Å². The summed E-state index contributed by atoms with van der Waals surface area (Å²) < 4.78 is 26.9. The SMILES string of the molecule is O=C(Nc1ccc(F)cc1F)Nc1cnc2cccnc2c1-c1ccccc1Cl. The fourth-order valence-electron chi connectivity index (χ4n) is 2.92. The van der Waals surface area contributed by atoms with Crippen molar-refractivity contribution in [3.63, 3.8) is 0 Å². The molecular formula is C21H13ClF2N4O. The molecule has 0 saturated carbocycles. The van der Waals surface area contributed by atoms with Crippen molar-refractivity contribution in [3.8, 4) is 11.1 Å². The molecule has 0 aliphatic heterocycles. The van der Waals surface area contributed by atoms with Gasteiger partial charge in [0.2, 0.25) is 0 Å². The van der Waals surface area contributed by atoms with Crippen LogP contribution in [-0.4, -0.2) is 16.0 Å². The van der Waals surface area contributed by atoms with Crippen LogP contribution in [0.25, 0.3) is 22.2 Å². The highest BCUT2D eigenvalue weighted by Gasteiger charge is 2.17. The van der Waals surface area contributed by atoms with Gasteiger partial charge < -0.3 is 10.6 Å². The zero-order chi connectivity index (χ0) is 20.4. The maximum Gasteiger partial charge on any atom is 0.323 e. The highest BCUT2D eigenvalue weighted by atomic mass is 35.5. The molecule has 0 aliphatic carbocycles. The lowest BCUT2D eigenvalue weighted by molar-refractivity contribution is 0.262. The molecule has 2 N–H and O–H groups in total. The Morgan fingerprint density at radius 2 is 1.72 bits per heavy atom. The predicted octanol–water partition coefficient (Wildman–Crippen LogP) is 5.87. The Hall–Kier alpha value is -3.58. The fourth-order valence-corrected chi connectivity index (χ4v) is 3.15. The van der Waals surface area contributed by atoms with E-state index in [0.29, 0.717) is 38.9 Å². The summed E-state index contributed by atoms with van der Waals surface area (Å²) in [5.74, 6) is -1.62. The molecule has 0 fully saturated rings. The lowest BCUT2D eigenvalue weighted by Gasteiger charge is -2.15. The predicted molar refractivity (Wildman–Crippen MR) is 109 cm³/mol. The van der Waals surface area contributed by atoms with Crippen LogP contribution in [0, 0.1) is 11.6 Å². The number of anilines is 2. The van der Waals surface area contributed by atoms with Gasteiger partial charge in [-0.3, -0.25) is 9.97 Å². The summed E-state index contributed by atoms with van der Waals surface area (Å²) >= 11 is 6.37. The van der Waals surface area contributed by atoms with Crippen LogP contribution in [0.2, 0.25) is 5.02 Å². The number of urea groups is 1. The van der Waals surface area contributed by atoms with Gasteiger partial charge in [0.25, 0.3) is 0 Å². The molecule has 0 bridgehead atoms. The third-order valence-electron chi connectivity index (χ3n) is 4.20. The van der Waals surface area contributed by atoms with E-state index in [1.54, 1.807) is 36.5 Å². The van der Waals surface area contributed by atoms with Gasteiger partial charge >= 0.3 is 6.03 Å². The largest absolute Gasteiger partial charge is 0.323 e. The number of hydrogen-bond acceptors (Lipinski definition) is 3. The normalized spacial score (nSPS) is 10.7. The third-order valence-corrected chi connectivity index (χ3v) is 4.53. The van der Waals surface area contributed by atoms with E-state index in [2.05, 4.69) is 20.6 Å². The van der Waals surface area contributed by atoms with Crippen LogP contribution in [0.15, 0.2) is 67.0 Å². The molecule has 4 rings (SSSR count). The number of hydrogen-bond donors (Lipinski definition) is 2. The third kappa shape index (κ3) is 3.86. The van der Waals surface area contributed by atoms with Gasteiger partial charge in [-0.1, -0.05) is 29.8 Å². The lowest BCUT2D eigenvalue weighted by atomic mass is 10.0. The van der Waals surface area contributed by atoms with Crippen molar-refractivity contribution in [3.05, 3.63) is 83.6 Å². The maximum atomic E-state index is 13.8. The molecule has 8 heteroatoms. The number of nitrogens with zero attached hydrogens (tertiary/aromatic N) is 2. The van der Waals surface area contributed by atoms with Crippen LogP contribution in [-0.2, 0) is 0 Å². The van der Waals surface area contributed by atoms with Gasteiger partial charge in [-0.25, -0.2) is 13.6 Å². The van der Waals surface area contributed by atoms with Crippen molar-refractivity contribution in [2.24, 2.45) is 0 Å². The van der Waals surface area contributed by atoms with Gasteiger partial charge in [0.15, 0.2) is 0 Å². The smallest absolute Gasteiger partial charge is 0.306 e. The van der Waals surface area contributed by atoms with E-state index >= 15 is 0 Å². The van der Waals surface area contributed by atoms with E-state index in [4.69, 9.17) is 11.6 Å². The van der Waals surface area contributed by atoms with Crippen molar-refractivity contribution >= 4 is 40.0 Å². The first-order valence-electron chi connectivity index (χ1n) is 8.54. The van der Waals surface area contributed by atoms with Crippen molar-refractivity contribution in [2.75, 3.05) is 10.6 Å². The Bertz CT molecular complexity index is 1230. The molecule has 5 nitrogen and oxygen atoms in total. The van der Waals surface area contributed by atoms with Crippen LogP contribution in [0.1, 0.15) is 0 Å². The number of aromatic nitrogens is 2. The van der Waals surface area contributed by atoms with Gasteiger partial charge in [0, 0.05) is 28.4 Å². The Kier molecular flexibility index (Phi) is 5.05. The second-order valence-corrected chi connectivity index (χ2v) is 6.51. The minimum atomic E-state index is -0.884. The molecule has 0 saturated heterocycles. The minimum Gasteiger partial charge on any atom is -0.306 e. The van der Waals surface area contributed by atoms with E-state index in [9.17, 15) is 13.6 Å². The van der Waals surface area contributed by atoms with Crippen LogP contribution >= 0.6 is 11.6 Å². The average molecular weight is 411 g/mol. The van der Waals surface area contributed by atoms with Crippen LogP contribution in [0.3, 0.4) is 0 Å². The summed E-state index contributed by atoms with van der Waals surface area (Å²) in [6.07, 6.45) is 3.09. The van der Waals surface area contributed by atoms with E-state index in [0.717, 1.165) is 12.1 Å². The van der Waals surface area contributed by atoms with Crippen LogP contribution < -0.4 is 10.6 Å². The highest BCUT2D eigenvalue weighted by Crippen LogP contribution is 2.37. The zero-order valence-corrected chi connectivity index (χ0v) is 15.5. The Labute approximate surface area is 169 Å². The first kappa shape index (κ1) is 18.8. The van der Waals surface area contributed by atoms with Gasteiger partial charge in [0.05, 0.1) is 28.6 Å². The second kappa shape index (κ2) is 7.81. The summed E-state index contributed by atoms with van der Waals surface area (Å²) in [5, 5.41) is 5.47. The van der Waals surface area contributed by atoms with Crippen molar-refractivity contribution in [1.29, 1.82) is 0 Å². The molecule has 2 aromatic heterocycles. The first-order valence-corrected chi connectivity index (χ1v) is 8.92. The summed E-state index contributed by atoms with van der Waals surface area (Å²) in [5.41, 5.74) is 2.59. The van der Waals surface area contributed by atoms with E-state index in [-0.39, 0.29) is 5.69 Å². The summed E-state index contributed by atoms with van der Waals surface area (Å²) in [7, 11) is 0. The number of amides is 2. The molecule has 0 aliphatic rings. The van der Waals surface area contributed by atoms with Crippen molar-refractivity contribution in [2.45, 2.75) is 0 Å². The quantitative estimate of drug-likeness (QED) is 0.443. The van der Waals surface area contributed by atoms with E-state index in [1.807, 2.05) is 6.07 Å². The Balaban J connectivity index is 1.75. The van der Waals surface area contributed by atoms with Gasteiger partial charge in [-0.15, -0.1) is 0 Å². The first-order chi connectivity index (χ1) is 14.0. The summed E-state index contributed by atoms with van der Waals surface area (Å²) in [6, 6.07) is 12.8. The monoisotopic (exact) mass is 410 g/mol. The zero-order valence-electron chi connectivity index (χ0n) is 14.8. The van der Waals surface area contributed by atoms with Gasteiger partial charge in [0.1, 0.15) is 11.6 Å². The number of nitrogens with one attached hydrogen (secondary N) is 2. The number of benzene rings is 2.